The Morgan fingerprint density at radius 2 is 2.09 bits per heavy atom. The molecule has 1 N–H and O–H groups in total. The molecule has 1 aromatic rings. The highest BCUT2D eigenvalue weighted by atomic mass is 32.2. The van der Waals surface area contributed by atoms with Gasteiger partial charge in [0.15, 0.2) is 4.21 Å². The van der Waals surface area contributed by atoms with E-state index in [1.165, 1.54) is 19.4 Å². The first-order valence-electron chi connectivity index (χ1n) is 7.10. The molecular weight excluding hydrogens is 328 g/mol. The van der Waals surface area contributed by atoms with Gasteiger partial charge in [0.05, 0.1) is 26.2 Å². The van der Waals surface area contributed by atoms with E-state index in [9.17, 15) is 13.2 Å². The Balaban J connectivity index is 1.76. The van der Waals surface area contributed by atoms with E-state index in [0.29, 0.717) is 26.1 Å². The number of hydrogen-bond donors (Lipinski definition) is 1. The summed E-state index contributed by atoms with van der Waals surface area (Å²) in [7, 11) is -2.19. The van der Waals surface area contributed by atoms with Crippen LogP contribution in [0.3, 0.4) is 0 Å². The molecule has 9 heteroatoms. The number of carbonyl (C=O) groups is 1. The third-order valence-electron chi connectivity index (χ3n) is 4.36. The van der Waals surface area contributed by atoms with Crippen LogP contribution in [0.1, 0.15) is 12.8 Å². The maximum atomic E-state index is 12.4. The molecule has 7 nitrogen and oxygen atoms in total. The molecule has 2 aliphatic rings. The number of aromatic nitrogens is 1. The molecule has 0 spiro atoms. The molecule has 22 heavy (non-hydrogen) atoms. The summed E-state index contributed by atoms with van der Waals surface area (Å²) in [6.07, 6.45) is 2.63. The maximum absolute atomic E-state index is 12.4. The Hall–Kier alpha value is -1.03. The minimum Gasteiger partial charge on any atom is -0.469 e. The predicted molar refractivity (Wildman–Crippen MR) is 78.8 cm³/mol. The Bertz CT molecular complexity index is 617. The monoisotopic (exact) mass is 346 g/mol. The lowest BCUT2D eigenvalue weighted by molar-refractivity contribution is -0.151. The van der Waals surface area contributed by atoms with Crippen LogP contribution in [0.4, 0.5) is 0 Å². The highest BCUT2D eigenvalue weighted by molar-refractivity contribution is 7.91. The number of fused-ring (bicyclic) bond motifs is 2. The number of sulfonamides is 1. The molecule has 1 aliphatic carbocycles. The largest absolute Gasteiger partial charge is 0.469 e. The van der Waals surface area contributed by atoms with Gasteiger partial charge in [0.2, 0.25) is 0 Å². The quantitative estimate of drug-likeness (QED) is 0.804. The van der Waals surface area contributed by atoms with Crippen molar-refractivity contribution in [1.29, 1.82) is 0 Å². The van der Waals surface area contributed by atoms with Crippen LogP contribution in [-0.4, -0.2) is 45.1 Å². The van der Waals surface area contributed by atoms with Gasteiger partial charge in [0.1, 0.15) is 0 Å². The van der Waals surface area contributed by atoms with Crippen LogP contribution in [0.5, 0.6) is 0 Å². The van der Waals surface area contributed by atoms with Crippen molar-refractivity contribution in [2.45, 2.75) is 23.1 Å². The van der Waals surface area contributed by atoms with Gasteiger partial charge in [0, 0.05) is 12.2 Å². The Labute approximate surface area is 133 Å². The van der Waals surface area contributed by atoms with Gasteiger partial charge in [-0.15, -0.1) is 0 Å². The van der Waals surface area contributed by atoms with E-state index >= 15 is 0 Å². The number of methoxy groups -OCH3 is 1. The smallest absolute Gasteiger partial charge is 0.308 e. The fourth-order valence-electron chi connectivity index (χ4n) is 3.35. The zero-order chi connectivity index (χ0) is 15.7. The average molecular weight is 346 g/mol. The second-order valence-corrected chi connectivity index (χ2v) is 8.50. The van der Waals surface area contributed by atoms with E-state index in [4.69, 9.17) is 9.47 Å². The number of carbonyl (C=O) groups excluding carboxylic acids is 1. The van der Waals surface area contributed by atoms with Crippen LogP contribution >= 0.6 is 11.5 Å². The lowest BCUT2D eigenvalue weighted by Gasteiger charge is -2.44. The molecule has 0 radical (unpaired) electrons. The van der Waals surface area contributed by atoms with Gasteiger partial charge in [-0.1, -0.05) is 0 Å². The summed E-state index contributed by atoms with van der Waals surface area (Å²) in [5.41, 5.74) is 0. The van der Waals surface area contributed by atoms with Crippen LogP contribution in [0.25, 0.3) is 0 Å². The molecule has 0 amide bonds. The molecule has 0 aromatic carbocycles. The minimum absolute atomic E-state index is 0.0145. The molecule has 1 aromatic heterocycles. The van der Waals surface area contributed by atoms with Crippen LogP contribution in [-0.2, 0) is 24.3 Å². The van der Waals surface area contributed by atoms with Gasteiger partial charge >= 0.3 is 5.97 Å². The molecule has 1 saturated carbocycles. The van der Waals surface area contributed by atoms with Gasteiger partial charge in [-0.3, -0.25) is 4.79 Å². The number of rotatable bonds is 4. The molecular formula is C13H18N2O5S2. The van der Waals surface area contributed by atoms with E-state index in [1.807, 2.05) is 0 Å². The number of nitrogens with one attached hydrogen (secondary N) is 1. The van der Waals surface area contributed by atoms with Gasteiger partial charge in [-0.25, -0.2) is 13.1 Å². The molecule has 2 heterocycles. The van der Waals surface area contributed by atoms with E-state index in [1.54, 1.807) is 0 Å². The summed E-state index contributed by atoms with van der Waals surface area (Å²) in [6.45, 7) is 0.916. The molecule has 2 unspecified atom stereocenters. The summed E-state index contributed by atoms with van der Waals surface area (Å²) in [5.74, 6) is -0.424. The number of ether oxygens (including phenoxy) is 2. The third kappa shape index (κ3) is 3.03. The van der Waals surface area contributed by atoms with Crippen LogP contribution in [0.15, 0.2) is 16.5 Å². The van der Waals surface area contributed by atoms with E-state index in [-0.39, 0.29) is 34.0 Å². The SMILES string of the molecule is COC(=O)C1CC2COCC(C1)C2NS(=O)(=O)c1ccns1. The zero-order valence-electron chi connectivity index (χ0n) is 12.1. The summed E-state index contributed by atoms with van der Waals surface area (Å²) in [4.78, 5) is 11.8. The molecule has 3 rings (SSSR count). The van der Waals surface area contributed by atoms with Crippen molar-refractivity contribution in [3.05, 3.63) is 12.3 Å². The lowest BCUT2D eigenvalue weighted by Crippen LogP contribution is -2.55. The molecule has 1 aliphatic heterocycles. The molecule has 2 fully saturated rings. The fourth-order valence-corrected chi connectivity index (χ4v) is 5.46. The summed E-state index contributed by atoms with van der Waals surface area (Å²) >= 11 is 0.950. The summed E-state index contributed by atoms with van der Waals surface area (Å²) in [6, 6.07) is 1.28. The van der Waals surface area contributed by atoms with Gasteiger partial charge in [-0.2, -0.15) is 4.37 Å². The van der Waals surface area contributed by atoms with Crippen molar-refractivity contribution in [3.63, 3.8) is 0 Å². The van der Waals surface area contributed by atoms with Gasteiger partial charge < -0.3 is 9.47 Å². The molecule has 2 atom stereocenters. The Kier molecular flexibility index (Phi) is 4.49. The first-order chi connectivity index (χ1) is 10.5. The second kappa shape index (κ2) is 6.23. The number of esters is 1. The van der Waals surface area contributed by atoms with Crippen LogP contribution < -0.4 is 4.72 Å². The Morgan fingerprint density at radius 1 is 1.41 bits per heavy atom. The number of hydrogen-bond acceptors (Lipinski definition) is 7. The molecule has 1 saturated heterocycles. The summed E-state index contributed by atoms with van der Waals surface area (Å²) in [5, 5.41) is 0. The first kappa shape index (κ1) is 15.9. The van der Waals surface area contributed by atoms with E-state index in [2.05, 4.69) is 9.10 Å². The van der Waals surface area contributed by atoms with Crippen molar-refractivity contribution < 1.29 is 22.7 Å². The van der Waals surface area contributed by atoms with Crippen LogP contribution in [0, 0.1) is 17.8 Å². The van der Waals surface area contributed by atoms with Crippen molar-refractivity contribution in [1.82, 2.24) is 9.10 Å². The third-order valence-corrected chi connectivity index (χ3v) is 7.03. The zero-order valence-corrected chi connectivity index (χ0v) is 13.7. The highest BCUT2D eigenvalue weighted by Crippen LogP contribution is 2.38. The molecule has 2 bridgehead atoms. The van der Waals surface area contributed by atoms with E-state index < -0.39 is 10.0 Å². The van der Waals surface area contributed by atoms with E-state index in [0.717, 1.165) is 11.5 Å². The normalized spacial score (nSPS) is 31.7. The van der Waals surface area contributed by atoms with Crippen molar-refractivity contribution >= 4 is 27.5 Å². The van der Waals surface area contributed by atoms with Crippen molar-refractivity contribution in [3.8, 4) is 0 Å². The highest BCUT2D eigenvalue weighted by Gasteiger charge is 2.45. The van der Waals surface area contributed by atoms with Gasteiger partial charge in [-0.05, 0) is 42.3 Å². The van der Waals surface area contributed by atoms with Crippen molar-refractivity contribution in [2.75, 3.05) is 20.3 Å². The lowest BCUT2D eigenvalue weighted by atomic mass is 9.71. The second-order valence-electron chi connectivity index (χ2n) is 5.73. The Morgan fingerprint density at radius 3 is 2.64 bits per heavy atom. The molecule has 122 valence electrons. The van der Waals surface area contributed by atoms with Gasteiger partial charge in [0.25, 0.3) is 10.0 Å². The minimum atomic E-state index is -3.57. The standard InChI is InChI=1S/C13H18N2O5S2/c1-19-13(16)8-4-9-6-20-7-10(5-8)12(9)15-22(17,18)11-2-3-14-21-11/h2-3,8-10,12,15H,4-7H2,1H3. The number of nitrogens with zero attached hydrogens (tertiary/aromatic N) is 1. The topological polar surface area (TPSA) is 94.6 Å². The predicted octanol–water partition coefficient (Wildman–Crippen LogP) is 0.636. The average Bonchev–Trinajstić information content (AvgIpc) is 3.00. The maximum Gasteiger partial charge on any atom is 0.308 e. The summed E-state index contributed by atoms with van der Waals surface area (Å²) < 4.78 is 42.0. The fraction of sp³-hybridized carbons (Fsp3) is 0.692. The van der Waals surface area contributed by atoms with Crippen LogP contribution in [0.2, 0.25) is 0 Å². The first-order valence-corrected chi connectivity index (χ1v) is 9.35. The van der Waals surface area contributed by atoms with Crippen molar-refractivity contribution in [2.24, 2.45) is 17.8 Å².